The lowest BCUT2D eigenvalue weighted by Crippen LogP contribution is -2.48. The molecule has 8 nitrogen and oxygen atoms in total. The maximum Gasteiger partial charge on any atom is 0.320 e. The van der Waals surface area contributed by atoms with Crippen LogP contribution in [-0.2, 0) is 0 Å². The SMILES string of the molecule is NC(=O)c1cc(F)c(N(C(N)=O)C2CCC2)nc1Nc1cnc2ccccc2c1. The molecule has 0 radical (unpaired) electrons. The van der Waals surface area contributed by atoms with Crippen molar-refractivity contribution >= 4 is 40.2 Å². The first-order chi connectivity index (χ1) is 13.9. The minimum Gasteiger partial charge on any atom is -0.365 e. The third-order valence-electron chi connectivity index (χ3n) is 4.98. The highest BCUT2D eigenvalue weighted by Gasteiger charge is 2.32. The number of urea groups is 1. The molecule has 29 heavy (non-hydrogen) atoms. The summed E-state index contributed by atoms with van der Waals surface area (Å²) < 4.78 is 14.7. The van der Waals surface area contributed by atoms with Gasteiger partial charge in [0.1, 0.15) is 5.82 Å². The van der Waals surface area contributed by atoms with E-state index < -0.39 is 17.8 Å². The zero-order chi connectivity index (χ0) is 20.5. The van der Waals surface area contributed by atoms with E-state index in [1.54, 1.807) is 6.20 Å². The smallest absolute Gasteiger partial charge is 0.320 e. The molecule has 2 heterocycles. The number of halogens is 1. The quantitative estimate of drug-likeness (QED) is 0.613. The van der Waals surface area contributed by atoms with Crippen LogP contribution in [0.15, 0.2) is 42.6 Å². The summed E-state index contributed by atoms with van der Waals surface area (Å²) in [7, 11) is 0. The molecule has 1 aliphatic rings. The second-order valence-corrected chi connectivity index (χ2v) is 6.89. The van der Waals surface area contributed by atoms with Gasteiger partial charge in [0.2, 0.25) is 0 Å². The minimum absolute atomic E-state index is 0.0246. The van der Waals surface area contributed by atoms with Crippen molar-refractivity contribution in [2.75, 3.05) is 10.2 Å². The van der Waals surface area contributed by atoms with Crippen LogP contribution in [0.3, 0.4) is 0 Å². The Morgan fingerprint density at radius 3 is 2.59 bits per heavy atom. The van der Waals surface area contributed by atoms with E-state index in [-0.39, 0.29) is 23.2 Å². The van der Waals surface area contributed by atoms with Gasteiger partial charge in [-0.2, -0.15) is 0 Å². The average molecular weight is 394 g/mol. The van der Waals surface area contributed by atoms with Gasteiger partial charge in [0, 0.05) is 11.4 Å². The Morgan fingerprint density at radius 2 is 1.93 bits per heavy atom. The van der Waals surface area contributed by atoms with E-state index in [0.717, 1.165) is 28.3 Å². The summed E-state index contributed by atoms with van der Waals surface area (Å²) in [4.78, 5) is 33.5. The predicted molar refractivity (Wildman–Crippen MR) is 107 cm³/mol. The second kappa shape index (κ2) is 7.34. The lowest BCUT2D eigenvalue weighted by atomic mass is 9.91. The molecule has 148 valence electrons. The van der Waals surface area contributed by atoms with E-state index in [0.29, 0.717) is 18.5 Å². The van der Waals surface area contributed by atoms with Crippen molar-refractivity contribution in [3.63, 3.8) is 0 Å². The lowest BCUT2D eigenvalue weighted by Gasteiger charge is -2.35. The summed E-state index contributed by atoms with van der Waals surface area (Å²) in [5.41, 5.74) is 12.1. The first-order valence-corrected chi connectivity index (χ1v) is 9.15. The first kappa shape index (κ1) is 18.6. The third kappa shape index (κ3) is 3.54. The molecule has 9 heteroatoms. The van der Waals surface area contributed by atoms with E-state index in [2.05, 4.69) is 15.3 Å². The van der Waals surface area contributed by atoms with Gasteiger partial charge < -0.3 is 16.8 Å². The summed E-state index contributed by atoms with van der Waals surface area (Å²) in [6, 6.07) is 9.27. The van der Waals surface area contributed by atoms with Crippen LogP contribution in [0.1, 0.15) is 29.6 Å². The Morgan fingerprint density at radius 1 is 1.17 bits per heavy atom. The fourth-order valence-corrected chi connectivity index (χ4v) is 3.31. The summed E-state index contributed by atoms with van der Waals surface area (Å²) in [5, 5.41) is 3.83. The van der Waals surface area contributed by atoms with Crippen LogP contribution in [-0.4, -0.2) is 27.9 Å². The van der Waals surface area contributed by atoms with Crippen molar-refractivity contribution < 1.29 is 14.0 Å². The van der Waals surface area contributed by atoms with Gasteiger partial charge in [0.15, 0.2) is 11.6 Å². The monoisotopic (exact) mass is 394 g/mol. The molecule has 0 saturated heterocycles. The largest absolute Gasteiger partial charge is 0.365 e. The number of primary amides is 2. The van der Waals surface area contributed by atoms with Gasteiger partial charge in [0.25, 0.3) is 5.91 Å². The van der Waals surface area contributed by atoms with Gasteiger partial charge in [-0.15, -0.1) is 0 Å². The van der Waals surface area contributed by atoms with Gasteiger partial charge in [-0.3, -0.25) is 14.7 Å². The molecule has 0 spiro atoms. The highest BCUT2D eigenvalue weighted by molar-refractivity contribution is 5.99. The average Bonchev–Trinajstić information content (AvgIpc) is 2.65. The van der Waals surface area contributed by atoms with E-state index in [1.165, 1.54) is 0 Å². The van der Waals surface area contributed by atoms with Gasteiger partial charge in [-0.25, -0.2) is 14.2 Å². The van der Waals surface area contributed by atoms with Gasteiger partial charge in [-0.1, -0.05) is 18.2 Å². The van der Waals surface area contributed by atoms with Crippen molar-refractivity contribution in [1.82, 2.24) is 9.97 Å². The van der Waals surface area contributed by atoms with Gasteiger partial charge in [-0.05, 0) is 37.5 Å². The molecular weight excluding hydrogens is 375 g/mol. The van der Waals surface area contributed by atoms with Crippen molar-refractivity contribution in [3.05, 3.63) is 54.0 Å². The number of hydrogen-bond acceptors (Lipinski definition) is 5. The molecule has 4 rings (SSSR count). The van der Waals surface area contributed by atoms with Crippen LogP contribution >= 0.6 is 0 Å². The maximum atomic E-state index is 14.7. The molecular formula is C20H19FN6O2. The van der Waals surface area contributed by atoms with Crippen molar-refractivity contribution in [2.45, 2.75) is 25.3 Å². The van der Waals surface area contributed by atoms with Crippen LogP contribution in [0.5, 0.6) is 0 Å². The predicted octanol–water partition coefficient (Wildman–Crippen LogP) is 3.05. The number of hydrogen-bond donors (Lipinski definition) is 3. The Bertz CT molecular complexity index is 1120. The number of nitrogens with zero attached hydrogens (tertiary/aromatic N) is 3. The number of para-hydroxylation sites is 1. The number of nitrogens with two attached hydrogens (primary N) is 2. The number of carbonyl (C=O) groups is 2. The molecule has 5 N–H and O–H groups in total. The Balaban J connectivity index is 1.77. The van der Waals surface area contributed by atoms with E-state index in [1.807, 2.05) is 30.3 Å². The second-order valence-electron chi connectivity index (χ2n) is 6.89. The van der Waals surface area contributed by atoms with Gasteiger partial charge >= 0.3 is 6.03 Å². The van der Waals surface area contributed by atoms with Crippen molar-refractivity contribution in [2.24, 2.45) is 11.5 Å². The molecule has 2 aromatic heterocycles. The van der Waals surface area contributed by atoms with Crippen LogP contribution < -0.4 is 21.7 Å². The number of anilines is 3. The van der Waals surface area contributed by atoms with Crippen molar-refractivity contribution in [1.29, 1.82) is 0 Å². The number of carbonyl (C=O) groups excluding carboxylic acids is 2. The molecule has 1 aliphatic carbocycles. The highest BCUT2D eigenvalue weighted by Crippen LogP contribution is 2.32. The Labute approximate surface area is 165 Å². The number of aromatic nitrogens is 2. The minimum atomic E-state index is -0.853. The Kier molecular flexibility index (Phi) is 4.71. The summed E-state index contributed by atoms with van der Waals surface area (Å²) in [6.07, 6.45) is 3.90. The number of fused-ring (bicyclic) bond motifs is 1. The zero-order valence-corrected chi connectivity index (χ0v) is 15.4. The fraction of sp³-hybridized carbons (Fsp3) is 0.200. The molecule has 1 fully saturated rings. The number of nitrogens with one attached hydrogen (secondary N) is 1. The topological polar surface area (TPSA) is 127 Å². The number of rotatable bonds is 5. The molecule has 1 saturated carbocycles. The fourth-order valence-electron chi connectivity index (χ4n) is 3.31. The highest BCUT2D eigenvalue weighted by atomic mass is 19.1. The molecule has 0 bridgehead atoms. The molecule has 3 aromatic rings. The lowest BCUT2D eigenvalue weighted by molar-refractivity contribution is 0.100. The number of pyridine rings is 2. The molecule has 0 unspecified atom stereocenters. The first-order valence-electron chi connectivity index (χ1n) is 9.15. The van der Waals surface area contributed by atoms with Crippen LogP contribution in [0.25, 0.3) is 10.9 Å². The van der Waals surface area contributed by atoms with Gasteiger partial charge in [0.05, 0.1) is 23.0 Å². The zero-order valence-electron chi connectivity index (χ0n) is 15.4. The summed E-state index contributed by atoms with van der Waals surface area (Å²) >= 11 is 0. The Hall–Kier alpha value is -3.75. The van der Waals surface area contributed by atoms with E-state index in [9.17, 15) is 14.0 Å². The molecule has 0 atom stereocenters. The van der Waals surface area contributed by atoms with Crippen LogP contribution in [0.2, 0.25) is 0 Å². The maximum absolute atomic E-state index is 14.7. The standard InChI is InChI=1S/C20H19FN6O2/c21-15-9-14(17(22)28)18(26-19(15)27(20(23)29)13-5-3-6-13)25-12-8-11-4-1-2-7-16(11)24-10-12/h1-2,4,7-10,13H,3,5-6H2,(H2,22,28)(H2,23,29)(H,25,26). The van der Waals surface area contributed by atoms with Crippen LogP contribution in [0, 0.1) is 5.82 Å². The normalized spacial score (nSPS) is 13.7. The van der Waals surface area contributed by atoms with Crippen molar-refractivity contribution in [3.8, 4) is 0 Å². The van der Waals surface area contributed by atoms with E-state index in [4.69, 9.17) is 11.5 Å². The van der Waals surface area contributed by atoms with Crippen LogP contribution in [0.4, 0.5) is 26.5 Å². The third-order valence-corrected chi connectivity index (χ3v) is 4.98. The van der Waals surface area contributed by atoms with E-state index >= 15 is 0 Å². The molecule has 0 aliphatic heterocycles. The number of amides is 3. The molecule has 3 amide bonds. The molecule has 1 aromatic carbocycles. The number of benzene rings is 1. The summed E-state index contributed by atoms with van der Waals surface area (Å²) in [6.45, 7) is 0. The summed E-state index contributed by atoms with van der Waals surface area (Å²) in [5.74, 6) is -1.90.